The number of aryl methyl sites for hydroxylation is 3. The van der Waals surface area contributed by atoms with Crippen molar-refractivity contribution in [3.63, 3.8) is 0 Å². The van der Waals surface area contributed by atoms with E-state index in [0.717, 1.165) is 61.3 Å². The normalized spacial score (nSPS) is 11.2. The minimum Gasteiger partial charge on any atom is -0.507 e. The summed E-state index contributed by atoms with van der Waals surface area (Å²) in [7, 11) is 0. The van der Waals surface area contributed by atoms with Gasteiger partial charge in [0, 0.05) is 66.3 Å². The Bertz CT molecular complexity index is 3350. The molecule has 0 saturated carbocycles. The predicted octanol–water partition coefficient (Wildman–Crippen LogP) is 15.5. The maximum absolute atomic E-state index is 13.7. The molecule has 0 saturated heterocycles. The second-order valence-electron chi connectivity index (χ2n) is 17.4. The molecule has 0 aliphatic rings. The van der Waals surface area contributed by atoms with E-state index in [2.05, 4.69) is 135 Å². The Morgan fingerprint density at radius 3 is 1.90 bits per heavy atom. The van der Waals surface area contributed by atoms with Crippen LogP contribution in [0.3, 0.4) is 0 Å². The fourth-order valence-electron chi connectivity index (χ4n) is 8.40. The summed E-state index contributed by atoms with van der Waals surface area (Å²) in [5, 5.41) is 12.7. The zero-order chi connectivity index (χ0) is 46.1. The minimum atomic E-state index is -0.341. The first-order valence-electron chi connectivity index (χ1n) is 22.2. The first kappa shape index (κ1) is 46.4. The molecule has 67 heavy (non-hydrogen) atoms. The van der Waals surface area contributed by atoms with Gasteiger partial charge in [-0.3, -0.25) is 19.3 Å². The number of nitrogens with zero attached hydrogens (tertiary/aromatic N) is 4. The number of hydrogen-bond donors (Lipinski definition) is 1. The van der Waals surface area contributed by atoms with Crippen molar-refractivity contribution >= 4 is 22.1 Å². The van der Waals surface area contributed by atoms with Crippen LogP contribution in [0.5, 0.6) is 5.75 Å². The second kappa shape index (κ2) is 19.8. The number of para-hydroxylation sites is 1. The molecule has 10 rings (SSSR count). The summed E-state index contributed by atoms with van der Waals surface area (Å²) in [6.45, 7) is 15.0. The number of aromatic hydroxyl groups is 1. The van der Waals surface area contributed by atoms with Crippen molar-refractivity contribution in [3.05, 3.63) is 198 Å². The summed E-state index contributed by atoms with van der Waals surface area (Å²) in [5.74, 6) is 0.368. The fraction of sp³-hybridized carbons (Fsp3) is 0.153. The largest absolute Gasteiger partial charge is 0.507 e. The first-order chi connectivity index (χ1) is 31.9. The third-order valence-corrected chi connectivity index (χ3v) is 11.8. The van der Waals surface area contributed by atoms with Gasteiger partial charge in [-0.15, -0.1) is 42.0 Å². The Hall–Kier alpha value is -7.12. The Balaban J connectivity index is 0.000000187. The molecule has 1 radical (unpaired) electrons. The number of rotatable bonds is 8. The van der Waals surface area contributed by atoms with Gasteiger partial charge in [0.25, 0.3) is 0 Å². The molecule has 0 aliphatic heterocycles. The summed E-state index contributed by atoms with van der Waals surface area (Å²) >= 11 is 0. The number of fused-ring (bicyclic) bond motifs is 3. The second-order valence-corrected chi connectivity index (χ2v) is 17.4. The molecular formula is C59H49FIrN4O2-2. The molecule has 5 heterocycles. The molecule has 0 amide bonds. The van der Waals surface area contributed by atoms with Crippen molar-refractivity contribution in [3.8, 4) is 73.0 Å². The standard InChI is InChI=1S/C35H31FNO.C24H18N3O.Ir/c1-22(2)30-18-26(24-10-6-5-7-11-24)19-31(23(3)4)35(30)27-20-32(25-14-16-28(36)17-15-25)37-33(21-27)29-12-8-9-13-34(29)38;1-14-6-8-25-21(10-14)17-12-19-18-5-4-16(3)27-24(18)28-23(19)20(13-17)22-11-15(2)7-9-26-22;/h5-14,16-23,38H,1-4H3;4-12H,1-3H3;/q2*-1;. The number of halogens is 1. The Morgan fingerprint density at radius 2 is 1.24 bits per heavy atom. The quantitative estimate of drug-likeness (QED) is 0.153. The molecule has 5 aromatic heterocycles. The van der Waals surface area contributed by atoms with Gasteiger partial charge in [0.1, 0.15) is 5.75 Å². The number of benzene rings is 5. The average Bonchev–Trinajstić information content (AvgIpc) is 3.69. The number of phenols is 1. The smallest absolute Gasteiger partial charge is 0.218 e. The van der Waals surface area contributed by atoms with E-state index < -0.39 is 0 Å². The zero-order valence-electron chi connectivity index (χ0n) is 38.4. The van der Waals surface area contributed by atoms with E-state index >= 15 is 0 Å². The Kier molecular flexibility index (Phi) is 13.7. The molecule has 0 spiro atoms. The molecular weight excluding hydrogens is 1010 g/mol. The van der Waals surface area contributed by atoms with E-state index in [-0.39, 0.29) is 43.5 Å². The molecule has 0 fully saturated rings. The van der Waals surface area contributed by atoms with Crippen molar-refractivity contribution in [1.82, 2.24) is 19.9 Å². The number of phenolic OH excluding ortho intramolecular Hbond substituents is 1. The van der Waals surface area contributed by atoms with Crippen LogP contribution in [0.2, 0.25) is 0 Å². The summed E-state index contributed by atoms with van der Waals surface area (Å²) < 4.78 is 19.9. The van der Waals surface area contributed by atoms with E-state index in [9.17, 15) is 9.50 Å². The van der Waals surface area contributed by atoms with Gasteiger partial charge in [0.05, 0.1) is 11.3 Å². The van der Waals surface area contributed by atoms with Gasteiger partial charge in [-0.05, 0) is 120 Å². The first-order valence-corrected chi connectivity index (χ1v) is 22.2. The van der Waals surface area contributed by atoms with Gasteiger partial charge in [-0.25, -0.2) is 4.98 Å². The van der Waals surface area contributed by atoms with E-state index in [1.807, 2.05) is 61.8 Å². The molecule has 1 N–H and O–H groups in total. The summed E-state index contributed by atoms with van der Waals surface area (Å²) in [6, 6.07) is 51.6. The molecule has 0 unspecified atom stereocenters. The number of furan rings is 1. The minimum absolute atomic E-state index is 0. The van der Waals surface area contributed by atoms with Gasteiger partial charge >= 0.3 is 0 Å². The van der Waals surface area contributed by atoms with Crippen molar-refractivity contribution in [2.45, 2.75) is 60.3 Å². The summed E-state index contributed by atoms with van der Waals surface area (Å²) in [5.41, 5.74) is 17.8. The summed E-state index contributed by atoms with van der Waals surface area (Å²) in [6.07, 6.45) is 3.64. The molecule has 0 bridgehead atoms. The Labute approximate surface area is 405 Å². The third-order valence-electron chi connectivity index (χ3n) is 11.8. The van der Waals surface area contributed by atoms with Crippen LogP contribution in [0.1, 0.15) is 67.5 Å². The Morgan fingerprint density at radius 1 is 0.582 bits per heavy atom. The van der Waals surface area contributed by atoms with Gasteiger partial charge < -0.3 is 9.52 Å². The van der Waals surface area contributed by atoms with Crippen LogP contribution >= 0.6 is 0 Å². The maximum atomic E-state index is 13.7. The van der Waals surface area contributed by atoms with E-state index in [0.29, 0.717) is 28.2 Å². The van der Waals surface area contributed by atoms with Crippen LogP contribution in [0.15, 0.2) is 156 Å². The predicted molar refractivity (Wildman–Crippen MR) is 266 cm³/mol. The molecule has 10 aromatic rings. The van der Waals surface area contributed by atoms with Crippen LogP contribution in [-0.4, -0.2) is 25.0 Å². The van der Waals surface area contributed by atoms with Gasteiger partial charge in [0.15, 0.2) is 0 Å². The fourth-order valence-corrected chi connectivity index (χ4v) is 8.40. The zero-order valence-corrected chi connectivity index (χ0v) is 40.8. The van der Waals surface area contributed by atoms with Crippen LogP contribution in [0.4, 0.5) is 4.39 Å². The van der Waals surface area contributed by atoms with Crippen molar-refractivity contribution < 1.29 is 34.0 Å². The molecule has 5 aromatic carbocycles. The van der Waals surface area contributed by atoms with Gasteiger partial charge in [0.2, 0.25) is 5.71 Å². The van der Waals surface area contributed by atoms with Crippen molar-refractivity contribution in [2.24, 2.45) is 0 Å². The van der Waals surface area contributed by atoms with Gasteiger partial charge in [-0.2, -0.15) is 0 Å². The number of aromatic nitrogens is 4. The number of hydrogen-bond acceptors (Lipinski definition) is 6. The molecule has 0 atom stereocenters. The SMILES string of the molecule is CC(C)c1cc(-c2ccccc2)cc(C(C)C)c1-c1cc(-c2[c-]cc(F)cc2)nc(-c2ccccc2O)c1.Cc1ccnc(-c2[c-]c(-c3cc(C)ccn3)c3oc4nc(C)ccc4c3c2)c1.[Ir]. The number of pyridine rings is 4. The molecule has 6 nitrogen and oxygen atoms in total. The van der Waals surface area contributed by atoms with E-state index in [1.54, 1.807) is 18.2 Å². The molecule has 335 valence electrons. The molecule has 8 heteroatoms. The van der Waals surface area contributed by atoms with Gasteiger partial charge in [-0.1, -0.05) is 123 Å². The van der Waals surface area contributed by atoms with Crippen LogP contribution in [0, 0.1) is 38.7 Å². The van der Waals surface area contributed by atoms with E-state index in [4.69, 9.17) is 9.40 Å². The maximum Gasteiger partial charge on any atom is 0.218 e. The average molecular weight is 1060 g/mol. The summed E-state index contributed by atoms with van der Waals surface area (Å²) in [4.78, 5) is 18.6. The topological polar surface area (TPSA) is 84.9 Å². The van der Waals surface area contributed by atoms with Crippen LogP contribution < -0.4 is 0 Å². The molecule has 0 aliphatic carbocycles. The monoisotopic (exact) mass is 1060 g/mol. The van der Waals surface area contributed by atoms with Crippen LogP contribution in [0.25, 0.3) is 89.4 Å². The van der Waals surface area contributed by atoms with Crippen molar-refractivity contribution in [1.29, 1.82) is 0 Å². The van der Waals surface area contributed by atoms with E-state index in [1.165, 1.54) is 39.9 Å². The van der Waals surface area contributed by atoms with Crippen LogP contribution in [-0.2, 0) is 20.1 Å². The van der Waals surface area contributed by atoms with Crippen molar-refractivity contribution in [2.75, 3.05) is 0 Å². The third kappa shape index (κ3) is 9.88.